The van der Waals surface area contributed by atoms with E-state index in [1.54, 1.807) is 12.3 Å². The molecule has 3 N–H and O–H groups in total. The molecule has 0 amide bonds. The van der Waals surface area contributed by atoms with E-state index in [9.17, 15) is 0 Å². The molecular weight excluding hydrogens is 358 g/mol. The van der Waals surface area contributed by atoms with E-state index in [2.05, 4.69) is 53.6 Å². The predicted octanol–water partition coefficient (Wildman–Crippen LogP) is 2.04. The Morgan fingerprint density at radius 1 is 1.15 bits per heavy atom. The van der Waals surface area contributed by atoms with E-state index < -0.39 is 0 Å². The maximum Gasteiger partial charge on any atom is 0.224 e. The molecule has 0 saturated heterocycles. The van der Waals surface area contributed by atoms with E-state index >= 15 is 0 Å². The summed E-state index contributed by atoms with van der Waals surface area (Å²) in [6, 6.07) is 14.1. The second-order valence-corrected chi connectivity index (χ2v) is 6.23. The number of thiocarbonyl (C=S) groups is 1. The zero-order valence-electron chi connectivity index (χ0n) is 15.7. The van der Waals surface area contributed by atoms with Gasteiger partial charge in [-0.2, -0.15) is 0 Å². The van der Waals surface area contributed by atoms with Crippen molar-refractivity contribution in [1.29, 1.82) is 0 Å². The van der Waals surface area contributed by atoms with Crippen molar-refractivity contribution < 1.29 is 14.6 Å². The summed E-state index contributed by atoms with van der Waals surface area (Å²) in [7, 11) is 0. The summed E-state index contributed by atoms with van der Waals surface area (Å²) in [6.45, 7) is 9.31. The number of nitrogens with one attached hydrogen (secondary N) is 3. The molecule has 0 aliphatic heterocycles. The summed E-state index contributed by atoms with van der Waals surface area (Å²) in [5.74, 6) is 1.42. The first-order valence-electron chi connectivity index (χ1n) is 8.81. The second kappa shape index (κ2) is 11.0. The number of hydrazine groups is 1. The molecule has 142 valence electrons. The first-order chi connectivity index (χ1) is 13.1. The van der Waals surface area contributed by atoms with E-state index in [-0.39, 0.29) is 0 Å². The fourth-order valence-electron chi connectivity index (χ4n) is 2.24. The monoisotopic (exact) mass is 384 g/mol. The smallest absolute Gasteiger partial charge is 0.224 e. The molecule has 6 heteroatoms. The van der Waals surface area contributed by atoms with E-state index in [4.69, 9.17) is 21.7 Å². The molecule has 0 fully saturated rings. The molecular formula is C21H26N3O2S+. The molecule has 2 rings (SSSR count). The molecule has 0 aromatic heterocycles. The van der Waals surface area contributed by atoms with Crippen LogP contribution in [-0.2, 0) is 6.61 Å². The Labute approximate surface area is 166 Å². The quantitative estimate of drug-likeness (QED) is 0.267. The molecule has 0 saturated carbocycles. The van der Waals surface area contributed by atoms with Gasteiger partial charge < -0.3 is 14.8 Å². The minimum absolute atomic E-state index is 0.493. The van der Waals surface area contributed by atoms with Crippen molar-refractivity contribution in [3.63, 3.8) is 0 Å². The second-order valence-electron chi connectivity index (χ2n) is 5.83. The number of hydrogen-bond donors (Lipinski definition) is 3. The third kappa shape index (κ3) is 7.11. The van der Waals surface area contributed by atoms with Gasteiger partial charge in [0, 0.05) is 12.1 Å². The van der Waals surface area contributed by atoms with Gasteiger partial charge >= 0.3 is 0 Å². The topological polar surface area (TPSA) is 56.5 Å². The average Bonchev–Trinajstić information content (AvgIpc) is 2.67. The molecule has 0 heterocycles. The average molecular weight is 385 g/mol. The molecule has 0 aliphatic rings. The molecule has 27 heavy (non-hydrogen) atoms. The predicted molar refractivity (Wildman–Crippen MR) is 113 cm³/mol. The van der Waals surface area contributed by atoms with Crippen molar-refractivity contribution >= 4 is 23.5 Å². The third-order valence-electron chi connectivity index (χ3n) is 3.61. The van der Waals surface area contributed by atoms with Crippen LogP contribution in [0, 0.1) is 6.92 Å². The van der Waals surface area contributed by atoms with Gasteiger partial charge in [0.2, 0.25) is 5.11 Å². The van der Waals surface area contributed by atoms with Crippen LogP contribution in [-0.4, -0.2) is 24.5 Å². The van der Waals surface area contributed by atoms with E-state index in [1.165, 1.54) is 5.56 Å². The van der Waals surface area contributed by atoms with Crippen molar-refractivity contribution in [1.82, 2.24) is 10.7 Å². The van der Waals surface area contributed by atoms with Gasteiger partial charge in [0.15, 0.2) is 17.7 Å². The summed E-state index contributed by atoms with van der Waals surface area (Å²) in [5, 5.41) is 6.42. The van der Waals surface area contributed by atoms with Gasteiger partial charge in [0.25, 0.3) is 0 Å². The van der Waals surface area contributed by atoms with Crippen LogP contribution in [0.15, 0.2) is 55.1 Å². The summed E-state index contributed by atoms with van der Waals surface area (Å²) in [4.78, 5) is 0. The largest absolute Gasteiger partial charge is 0.490 e. The van der Waals surface area contributed by atoms with Crippen LogP contribution in [0.3, 0.4) is 0 Å². The number of hydrazone groups is 1. The molecule has 0 bridgehead atoms. The number of benzene rings is 2. The SMILES string of the molecule is C=CCNC(=S)N[NH+]=Cc1ccc(OCc2ccc(C)cc2)c(OCC)c1. The number of rotatable bonds is 9. The third-order valence-corrected chi connectivity index (χ3v) is 3.86. The van der Waals surface area contributed by atoms with E-state index in [0.717, 1.165) is 11.1 Å². The highest BCUT2D eigenvalue weighted by Crippen LogP contribution is 2.28. The zero-order chi connectivity index (χ0) is 19.5. The van der Waals surface area contributed by atoms with Crippen molar-refractivity contribution in [2.45, 2.75) is 20.5 Å². The normalized spacial score (nSPS) is 10.4. The minimum Gasteiger partial charge on any atom is -0.490 e. The van der Waals surface area contributed by atoms with Gasteiger partial charge in [0.1, 0.15) is 6.61 Å². The molecule has 0 spiro atoms. The zero-order valence-corrected chi connectivity index (χ0v) is 16.6. The van der Waals surface area contributed by atoms with Crippen molar-refractivity contribution in [3.8, 4) is 11.5 Å². The summed E-state index contributed by atoms with van der Waals surface area (Å²) >= 11 is 5.11. The fourth-order valence-corrected chi connectivity index (χ4v) is 2.38. The molecule has 0 unspecified atom stereocenters. The van der Waals surface area contributed by atoms with Crippen LogP contribution in [0.4, 0.5) is 0 Å². The molecule has 5 nitrogen and oxygen atoms in total. The molecule has 0 atom stereocenters. The van der Waals surface area contributed by atoms with Crippen LogP contribution in [0.2, 0.25) is 0 Å². The Kier molecular flexibility index (Phi) is 8.32. The summed E-state index contributed by atoms with van der Waals surface area (Å²) in [6.07, 6.45) is 3.54. The van der Waals surface area contributed by atoms with Crippen LogP contribution in [0.5, 0.6) is 11.5 Å². The lowest BCUT2D eigenvalue weighted by Gasteiger charge is -2.12. The van der Waals surface area contributed by atoms with Gasteiger partial charge in [-0.1, -0.05) is 35.9 Å². The lowest BCUT2D eigenvalue weighted by atomic mass is 10.2. The standard InChI is InChI=1S/C21H25N3O2S/c1-4-12-22-21(27)24-23-14-18-10-11-19(20(13-18)25-5-2)26-15-17-8-6-16(3)7-9-17/h4,6-11,13-14H,1,5,12,15H2,2-3H3,(H2,22,24,27)/p+1. The number of aryl methyl sites for hydroxylation is 1. The van der Waals surface area contributed by atoms with Crippen LogP contribution >= 0.6 is 12.2 Å². The highest BCUT2D eigenvalue weighted by Gasteiger charge is 2.08. The number of hydrogen-bond acceptors (Lipinski definition) is 3. The summed E-state index contributed by atoms with van der Waals surface area (Å²) in [5.41, 5.74) is 6.16. The van der Waals surface area contributed by atoms with Crippen LogP contribution in [0.25, 0.3) is 0 Å². The maximum atomic E-state index is 5.94. The Morgan fingerprint density at radius 3 is 2.63 bits per heavy atom. The first-order valence-corrected chi connectivity index (χ1v) is 9.22. The molecule has 2 aromatic carbocycles. The molecule has 2 aromatic rings. The highest BCUT2D eigenvalue weighted by atomic mass is 32.1. The minimum atomic E-state index is 0.493. The molecule has 0 radical (unpaired) electrons. The highest BCUT2D eigenvalue weighted by molar-refractivity contribution is 7.80. The Hall–Kier alpha value is -2.86. The van der Waals surface area contributed by atoms with Gasteiger partial charge in [-0.3, -0.25) is 0 Å². The van der Waals surface area contributed by atoms with Crippen molar-refractivity contribution in [3.05, 3.63) is 71.8 Å². The fraction of sp³-hybridized carbons (Fsp3) is 0.238. The Morgan fingerprint density at radius 2 is 1.93 bits per heavy atom. The van der Waals surface area contributed by atoms with Crippen LogP contribution < -0.4 is 25.3 Å². The van der Waals surface area contributed by atoms with E-state index in [1.807, 2.05) is 25.1 Å². The molecule has 0 aliphatic carbocycles. The summed E-state index contributed by atoms with van der Waals surface area (Å²) < 4.78 is 11.7. The van der Waals surface area contributed by atoms with Crippen LogP contribution in [0.1, 0.15) is 23.6 Å². The lowest BCUT2D eigenvalue weighted by molar-refractivity contribution is -0.500. The van der Waals surface area contributed by atoms with E-state index in [0.29, 0.717) is 36.4 Å². The lowest BCUT2D eigenvalue weighted by Crippen LogP contribution is -2.82. The van der Waals surface area contributed by atoms with Gasteiger partial charge in [-0.15, -0.1) is 17.1 Å². The maximum absolute atomic E-state index is 5.94. The van der Waals surface area contributed by atoms with Gasteiger partial charge in [-0.05, 0) is 49.8 Å². The first kappa shape index (κ1) is 20.5. The Bertz CT molecular complexity index is 789. The van der Waals surface area contributed by atoms with Gasteiger partial charge in [0.05, 0.1) is 6.61 Å². The van der Waals surface area contributed by atoms with Gasteiger partial charge in [-0.25, -0.2) is 0 Å². The van der Waals surface area contributed by atoms with Crippen molar-refractivity contribution in [2.24, 2.45) is 0 Å². The van der Waals surface area contributed by atoms with Crippen molar-refractivity contribution in [2.75, 3.05) is 13.2 Å². The number of ether oxygens (including phenoxy) is 2. The Balaban J connectivity index is 2.01.